The maximum Gasteiger partial charge on any atom is 0.338 e. The number of sulfonamides is 1. The van der Waals surface area contributed by atoms with Crippen LogP contribution in [0.25, 0.3) is 10.6 Å². The molecule has 0 aliphatic rings. The smallest absolute Gasteiger partial charge is 0.338 e. The number of hydrogen-bond acceptors (Lipinski definition) is 7. The summed E-state index contributed by atoms with van der Waals surface area (Å²) in [6.07, 6.45) is 0. The standard InChI is InChI=1S/C16H14N2O5S2/c1-17-25(20,21)13-5-2-4-11(8-13)16(19)22-10-12-9-14(23-18-12)15-6-3-7-24-15/h2-9,17H,10H2,1H3. The Kier molecular flexibility index (Phi) is 4.98. The largest absolute Gasteiger partial charge is 0.455 e. The van der Waals surface area contributed by atoms with Crippen molar-refractivity contribution in [2.75, 3.05) is 7.05 Å². The van der Waals surface area contributed by atoms with Crippen molar-refractivity contribution in [3.8, 4) is 10.6 Å². The van der Waals surface area contributed by atoms with Gasteiger partial charge >= 0.3 is 5.97 Å². The van der Waals surface area contributed by atoms with Gasteiger partial charge in [0.25, 0.3) is 0 Å². The van der Waals surface area contributed by atoms with Crippen molar-refractivity contribution in [1.82, 2.24) is 9.88 Å². The van der Waals surface area contributed by atoms with Gasteiger partial charge in [-0.15, -0.1) is 11.3 Å². The predicted octanol–water partition coefficient (Wildman–Crippen LogP) is 2.67. The number of thiophene rings is 1. The average Bonchev–Trinajstić information content (AvgIpc) is 3.31. The Labute approximate surface area is 148 Å². The first-order valence-electron chi connectivity index (χ1n) is 7.20. The average molecular weight is 378 g/mol. The molecule has 0 radical (unpaired) electrons. The molecule has 0 saturated heterocycles. The molecule has 2 heterocycles. The Bertz CT molecular complexity index is 978. The van der Waals surface area contributed by atoms with Gasteiger partial charge in [0.2, 0.25) is 10.0 Å². The molecule has 0 bridgehead atoms. The van der Waals surface area contributed by atoms with E-state index in [0.29, 0.717) is 11.5 Å². The maximum absolute atomic E-state index is 12.1. The van der Waals surface area contributed by atoms with Gasteiger partial charge < -0.3 is 9.26 Å². The molecule has 0 spiro atoms. The molecule has 9 heteroatoms. The molecular weight excluding hydrogens is 364 g/mol. The van der Waals surface area contributed by atoms with Crippen LogP contribution in [0.15, 0.2) is 57.3 Å². The van der Waals surface area contributed by atoms with Crippen LogP contribution in [0.5, 0.6) is 0 Å². The highest BCUT2D eigenvalue weighted by molar-refractivity contribution is 7.89. The molecule has 7 nitrogen and oxygen atoms in total. The number of aromatic nitrogens is 1. The number of carbonyl (C=O) groups is 1. The Balaban J connectivity index is 1.68. The molecule has 1 N–H and O–H groups in total. The predicted molar refractivity (Wildman–Crippen MR) is 91.6 cm³/mol. The minimum Gasteiger partial charge on any atom is -0.455 e. The summed E-state index contributed by atoms with van der Waals surface area (Å²) >= 11 is 1.51. The van der Waals surface area contributed by atoms with E-state index in [9.17, 15) is 13.2 Å². The molecule has 3 rings (SSSR count). The van der Waals surface area contributed by atoms with Gasteiger partial charge in [0, 0.05) is 6.07 Å². The first-order chi connectivity index (χ1) is 12.0. The molecule has 0 fully saturated rings. The third-order valence-corrected chi connectivity index (χ3v) is 5.62. The number of rotatable bonds is 6. The van der Waals surface area contributed by atoms with Crippen molar-refractivity contribution in [3.63, 3.8) is 0 Å². The lowest BCUT2D eigenvalue weighted by atomic mass is 10.2. The molecule has 0 saturated carbocycles. The van der Waals surface area contributed by atoms with Crippen molar-refractivity contribution < 1.29 is 22.5 Å². The third kappa shape index (κ3) is 3.95. The van der Waals surface area contributed by atoms with E-state index in [2.05, 4.69) is 9.88 Å². The Hall–Kier alpha value is -2.49. The summed E-state index contributed by atoms with van der Waals surface area (Å²) in [5, 5.41) is 5.78. The highest BCUT2D eigenvalue weighted by Gasteiger charge is 2.16. The Morgan fingerprint density at radius 3 is 2.84 bits per heavy atom. The minimum atomic E-state index is -3.63. The first kappa shape index (κ1) is 17.3. The second kappa shape index (κ2) is 7.18. The summed E-state index contributed by atoms with van der Waals surface area (Å²) < 4.78 is 36.1. The van der Waals surface area contributed by atoms with Crippen molar-refractivity contribution >= 4 is 27.3 Å². The zero-order valence-corrected chi connectivity index (χ0v) is 14.8. The molecule has 0 aliphatic carbocycles. The number of nitrogens with one attached hydrogen (secondary N) is 1. The number of nitrogens with zero attached hydrogens (tertiary/aromatic N) is 1. The van der Waals surface area contributed by atoms with Crippen LogP contribution >= 0.6 is 11.3 Å². The van der Waals surface area contributed by atoms with Crippen LogP contribution in [0.4, 0.5) is 0 Å². The van der Waals surface area contributed by atoms with Crippen molar-refractivity contribution in [3.05, 3.63) is 59.1 Å². The molecule has 130 valence electrons. The fourth-order valence-electron chi connectivity index (χ4n) is 2.05. The Morgan fingerprint density at radius 2 is 2.12 bits per heavy atom. The highest BCUT2D eigenvalue weighted by atomic mass is 32.2. The highest BCUT2D eigenvalue weighted by Crippen LogP contribution is 2.25. The van der Waals surface area contributed by atoms with Crippen LogP contribution in [-0.4, -0.2) is 26.6 Å². The van der Waals surface area contributed by atoms with Gasteiger partial charge in [-0.2, -0.15) is 0 Å². The van der Waals surface area contributed by atoms with E-state index >= 15 is 0 Å². The second-order valence-electron chi connectivity index (χ2n) is 4.97. The summed E-state index contributed by atoms with van der Waals surface area (Å²) in [6.45, 7) is -0.0727. The van der Waals surface area contributed by atoms with Gasteiger partial charge in [-0.25, -0.2) is 17.9 Å². The number of carbonyl (C=O) groups excluding carboxylic acids is 1. The minimum absolute atomic E-state index is 0.00846. The van der Waals surface area contributed by atoms with Crippen LogP contribution in [0, 0.1) is 0 Å². The van der Waals surface area contributed by atoms with Crippen LogP contribution < -0.4 is 4.72 Å². The van der Waals surface area contributed by atoms with Gasteiger partial charge in [-0.3, -0.25) is 0 Å². The summed E-state index contributed by atoms with van der Waals surface area (Å²) in [5.74, 6) is -0.0445. The van der Waals surface area contributed by atoms with E-state index in [0.717, 1.165) is 4.88 Å². The number of hydrogen-bond donors (Lipinski definition) is 1. The molecule has 0 amide bonds. The summed E-state index contributed by atoms with van der Waals surface area (Å²) in [7, 11) is -2.33. The van der Waals surface area contributed by atoms with Crippen LogP contribution in [0.3, 0.4) is 0 Å². The van der Waals surface area contributed by atoms with E-state index in [1.54, 1.807) is 6.07 Å². The molecular formula is C16H14N2O5S2. The normalized spacial score (nSPS) is 11.4. The van der Waals surface area contributed by atoms with Crippen molar-refractivity contribution in [2.45, 2.75) is 11.5 Å². The lowest BCUT2D eigenvalue weighted by Gasteiger charge is -2.05. The number of ether oxygens (including phenoxy) is 1. The Morgan fingerprint density at radius 1 is 1.28 bits per heavy atom. The monoisotopic (exact) mass is 378 g/mol. The molecule has 1 aromatic carbocycles. The van der Waals surface area contributed by atoms with Gasteiger partial charge in [-0.1, -0.05) is 17.3 Å². The molecule has 3 aromatic rings. The fourth-order valence-corrected chi connectivity index (χ4v) is 3.49. The molecule has 25 heavy (non-hydrogen) atoms. The van der Waals surface area contributed by atoms with E-state index < -0.39 is 16.0 Å². The van der Waals surface area contributed by atoms with E-state index in [1.165, 1.54) is 42.6 Å². The van der Waals surface area contributed by atoms with Crippen LogP contribution in [-0.2, 0) is 21.4 Å². The van der Waals surface area contributed by atoms with Gasteiger partial charge in [0.05, 0.1) is 15.3 Å². The molecule has 0 aliphatic heterocycles. The second-order valence-corrected chi connectivity index (χ2v) is 7.81. The van der Waals surface area contributed by atoms with Gasteiger partial charge in [0.15, 0.2) is 5.76 Å². The zero-order chi connectivity index (χ0) is 17.9. The topological polar surface area (TPSA) is 98.5 Å². The van der Waals surface area contributed by atoms with Gasteiger partial charge in [-0.05, 0) is 36.7 Å². The third-order valence-electron chi connectivity index (χ3n) is 3.32. The van der Waals surface area contributed by atoms with E-state index in [1.807, 2.05) is 17.5 Å². The van der Waals surface area contributed by atoms with Crippen molar-refractivity contribution in [2.24, 2.45) is 0 Å². The fraction of sp³-hybridized carbons (Fsp3) is 0.125. The lowest BCUT2D eigenvalue weighted by molar-refractivity contribution is 0.0464. The lowest BCUT2D eigenvalue weighted by Crippen LogP contribution is -2.19. The van der Waals surface area contributed by atoms with Crippen molar-refractivity contribution in [1.29, 1.82) is 0 Å². The van der Waals surface area contributed by atoms with Crippen LogP contribution in [0.2, 0.25) is 0 Å². The number of esters is 1. The quantitative estimate of drug-likeness (QED) is 0.662. The first-order valence-corrected chi connectivity index (χ1v) is 9.56. The SMILES string of the molecule is CNS(=O)(=O)c1cccc(C(=O)OCc2cc(-c3cccs3)on2)c1. The van der Waals surface area contributed by atoms with E-state index in [4.69, 9.17) is 9.26 Å². The summed E-state index contributed by atoms with van der Waals surface area (Å²) in [4.78, 5) is 13.0. The van der Waals surface area contributed by atoms with Crippen LogP contribution in [0.1, 0.15) is 16.1 Å². The maximum atomic E-state index is 12.1. The summed E-state index contributed by atoms with van der Waals surface area (Å²) in [5.41, 5.74) is 0.606. The number of benzene rings is 1. The molecule has 0 atom stereocenters. The molecule has 0 unspecified atom stereocenters. The van der Waals surface area contributed by atoms with Gasteiger partial charge in [0.1, 0.15) is 12.3 Å². The van der Waals surface area contributed by atoms with E-state index in [-0.39, 0.29) is 17.1 Å². The summed E-state index contributed by atoms with van der Waals surface area (Å²) in [6, 6.07) is 11.1. The zero-order valence-electron chi connectivity index (χ0n) is 13.1. The molecule has 2 aromatic heterocycles.